The van der Waals surface area contributed by atoms with Gasteiger partial charge >= 0.3 is 6.03 Å². The number of rotatable bonds is 4. The lowest BCUT2D eigenvalue weighted by molar-refractivity contribution is 0.0805. The molecule has 3 rings (SSSR count). The van der Waals surface area contributed by atoms with Gasteiger partial charge in [-0.3, -0.25) is 5.10 Å². The topological polar surface area (TPSA) is 99.2 Å². The summed E-state index contributed by atoms with van der Waals surface area (Å²) in [6.07, 6.45) is 8.93. The van der Waals surface area contributed by atoms with E-state index in [9.17, 15) is 9.59 Å². The number of urea groups is 1. The minimum Gasteiger partial charge on any atom is -0.335 e. The smallest absolute Gasteiger partial charge is 0.315 e. The molecule has 1 saturated carbocycles. The summed E-state index contributed by atoms with van der Waals surface area (Å²) >= 11 is 0. The molecule has 1 aromatic heterocycles. The largest absolute Gasteiger partial charge is 0.335 e. The predicted molar refractivity (Wildman–Crippen MR) is 98.6 cm³/mol. The Balaban J connectivity index is 1.57. The van der Waals surface area contributed by atoms with Gasteiger partial charge in [-0.15, -0.1) is 0 Å². The first-order valence-electron chi connectivity index (χ1n) is 9.40. The molecule has 7 heteroatoms. The first-order chi connectivity index (χ1) is 12.3. The van der Waals surface area contributed by atoms with Gasteiger partial charge in [0.1, 0.15) is 0 Å². The maximum Gasteiger partial charge on any atom is 0.315 e. The van der Waals surface area contributed by atoms with Crippen LogP contribution >= 0.6 is 0 Å². The Morgan fingerprint density at radius 2 is 2.12 bits per heavy atom. The molecule has 0 spiro atoms. The third kappa shape index (κ3) is 4.52. The van der Waals surface area contributed by atoms with Crippen molar-refractivity contribution in [3.05, 3.63) is 17.5 Å². The van der Waals surface area contributed by atoms with Gasteiger partial charge < -0.3 is 10.6 Å². The van der Waals surface area contributed by atoms with Crippen molar-refractivity contribution in [3.63, 3.8) is 0 Å². The molecule has 7 nitrogen and oxygen atoms in total. The zero-order valence-corrected chi connectivity index (χ0v) is 15.9. The maximum absolute atomic E-state index is 12.5. The number of H-pyrrole nitrogens is 1. The van der Waals surface area contributed by atoms with Crippen LogP contribution in [0.2, 0.25) is 0 Å². The van der Waals surface area contributed by atoms with Gasteiger partial charge in [0.05, 0.1) is 12.7 Å². The summed E-state index contributed by atoms with van der Waals surface area (Å²) < 4.78 is 0. The van der Waals surface area contributed by atoms with Gasteiger partial charge in [0, 0.05) is 24.2 Å². The van der Waals surface area contributed by atoms with Crippen LogP contribution in [0.5, 0.6) is 0 Å². The maximum atomic E-state index is 12.5. The van der Waals surface area contributed by atoms with Gasteiger partial charge in [0.15, 0.2) is 0 Å². The van der Waals surface area contributed by atoms with Crippen molar-refractivity contribution in [2.24, 2.45) is 15.8 Å². The third-order valence-electron chi connectivity index (χ3n) is 5.66. The van der Waals surface area contributed by atoms with E-state index in [1.54, 1.807) is 6.08 Å². The van der Waals surface area contributed by atoms with Crippen LogP contribution in [0.1, 0.15) is 57.7 Å². The van der Waals surface area contributed by atoms with E-state index in [-0.39, 0.29) is 28.9 Å². The molecule has 0 radical (unpaired) electrons. The van der Waals surface area contributed by atoms with Crippen LogP contribution in [0.15, 0.2) is 11.2 Å². The van der Waals surface area contributed by atoms with E-state index < -0.39 is 0 Å². The van der Waals surface area contributed by atoms with Crippen LogP contribution in [0.25, 0.3) is 0 Å². The fourth-order valence-electron chi connectivity index (χ4n) is 5.02. The molecule has 142 valence electrons. The number of fused-ring (bicyclic) bond motifs is 1. The average molecular weight is 359 g/mol. The summed E-state index contributed by atoms with van der Waals surface area (Å²) in [5.41, 5.74) is 2.38. The van der Waals surface area contributed by atoms with Crippen LogP contribution in [0.4, 0.5) is 4.79 Å². The zero-order chi connectivity index (χ0) is 18.8. The highest BCUT2D eigenvalue weighted by molar-refractivity contribution is 5.74. The quantitative estimate of drug-likeness (QED) is 0.569. The van der Waals surface area contributed by atoms with Crippen LogP contribution in [0.3, 0.4) is 0 Å². The standard InChI is InChI=1S/C19H29N5O2/c1-18(2)7-15(8-19(3,10-18)11-20-12-25)23-17(26)22-14-5-4-13-9-21-24-16(13)6-14/h9,14-15H,4-8,10-11H2,1-3H3,(H,21,24)(H2,22,23,26). The molecule has 3 N–H and O–H groups in total. The van der Waals surface area contributed by atoms with Crippen molar-refractivity contribution in [2.75, 3.05) is 6.54 Å². The second-order valence-electron chi connectivity index (χ2n) is 9.10. The van der Waals surface area contributed by atoms with Gasteiger partial charge in [-0.2, -0.15) is 5.10 Å². The second kappa shape index (κ2) is 7.23. The number of hydrogen-bond donors (Lipinski definition) is 3. The van der Waals surface area contributed by atoms with E-state index in [1.807, 2.05) is 6.20 Å². The summed E-state index contributed by atoms with van der Waals surface area (Å²) in [6, 6.07) is 0.101. The van der Waals surface area contributed by atoms with Gasteiger partial charge in [0.2, 0.25) is 6.08 Å². The Morgan fingerprint density at radius 1 is 1.35 bits per heavy atom. The fourth-order valence-corrected chi connectivity index (χ4v) is 5.02. The van der Waals surface area contributed by atoms with Crippen molar-refractivity contribution in [1.29, 1.82) is 0 Å². The highest BCUT2D eigenvalue weighted by Crippen LogP contribution is 2.46. The van der Waals surface area contributed by atoms with E-state index >= 15 is 0 Å². The van der Waals surface area contributed by atoms with Gasteiger partial charge in [-0.25, -0.2) is 14.6 Å². The van der Waals surface area contributed by atoms with Crippen molar-refractivity contribution in [2.45, 2.75) is 71.4 Å². The number of hydrogen-bond acceptors (Lipinski definition) is 4. The molecule has 1 aromatic rings. The Morgan fingerprint density at radius 3 is 2.88 bits per heavy atom. The van der Waals surface area contributed by atoms with Crippen LogP contribution < -0.4 is 10.6 Å². The van der Waals surface area contributed by atoms with Gasteiger partial charge in [-0.1, -0.05) is 20.8 Å². The first kappa shape index (κ1) is 18.6. The molecule has 3 unspecified atom stereocenters. The van der Waals surface area contributed by atoms with Crippen molar-refractivity contribution >= 4 is 12.1 Å². The molecule has 0 aliphatic heterocycles. The minimum absolute atomic E-state index is 0.0805. The van der Waals surface area contributed by atoms with Crippen LogP contribution in [-0.2, 0) is 17.6 Å². The summed E-state index contributed by atoms with van der Waals surface area (Å²) in [5, 5.41) is 13.4. The number of aromatic nitrogens is 2. The fraction of sp³-hybridized carbons (Fsp3) is 0.737. The average Bonchev–Trinajstić information content (AvgIpc) is 2.98. The third-order valence-corrected chi connectivity index (χ3v) is 5.66. The molecule has 2 amide bonds. The summed E-state index contributed by atoms with van der Waals surface area (Å²) in [6.45, 7) is 7.03. The molecular weight excluding hydrogens is 330 g/mol. The Kier molecular flexibility index (Phi) is 5.19. The summed E-state index contributed by atoms with van der Waals surface area (Å²) in [7, 11) is 0. The van der Waals surface area contributed by atoms with E-state index in [4.69, 9.17) is 0 Å². The highest BCUT2D eigenvalue weighted by Gasteiger charge is 2.41. The molecule has 2 aliphatic carbocycles. The minimum atomic E-state index is -0.109. The number of nitrogens with zero attached hydrogens (tertiary/aromatic N) is 2. The number of carbonyl (C=O) groups excluding carboxylic acids is 2. The van der Waals surface area contributed by atoms with Crippen LogP contribution in [-0.4, -0.2) is 40.9 Å². The van der Waals surface area contributed by atoms with E-state index in [0.717, 1.165) is 44.2 Å². The molecule has 0 saturated heterocycles. The first-order valence-corrected chi connectivity index (χ1v) is 9.40. The SMILES string of the molecule is CC1(C)CC(NC(=O)NC2CCc3cn[nH]c3C2)CC(C)(CN=C=O)C1. The lowest BCUT2D eigenvalue weighted by atomic mass is 9.62. The molecule has 0 bridgehead atoms. The summed E-state index contributed by atoms with van der Waals surface area (Å²) in [5.74, 6) is 0. The molecule has 26 heavy (non-hydrogen) atoms. The molecule has 3 atom stereocenters. The number of nitrogens with one attached hydrogen (secondary N) is 3. The van der Waals surface area contributed by atoms with Gasteiger partial charge in [-0.05, 0) is 48.5 Å². The predicted octanol–water partition coefficient (Wildman–Crippen LogP) is 2.49. The molecular formula is C19H29N5O2. The Labute approximate surface area is 154 Å². The number of aryl methyl sites for hydroxylation is 1. The lowest BCUT2D eigenvalue weighted by Crippen LogP contribution is -2.52. The van der Waals surface area contributed by atoms with Crippen LogP contribution in [0, 0.1) is 10.8 Å². The summed E-state index contributed by atoms with van der Waals surface area (Å²) in [4.78, 5) is 26.9. The van der Waals surface area contributed by atoms with E-state index in [0.29, 0.717) is 6.54 Å². The number of aliphatic imine (C=N–C) groups is 1. The van der Waals surface area contributed by atoms with Crippen molar-refractivity contribution < 1.29 is 9.59 Å². The molecule has 2 aliphatic rings. The highest BCUT2D eigenvalue weighted by atomic mass is 16.2. The number of aromatic amines is 1. The Bertz CT molecular complexity index is 707. The number of carbonyl (C=O) groups is 1. The molecule has 1 fully saturated rings. The second-order valence-corrected chi connectivity index (χ2v) is 9.10. The zero-order valence-electron chi connectivity index (χ0n) is 15.9. The van der Waals surface area contributed by atoms with Crippen molar-refractivity contribution in [1.82, 2.24) is 20.8 Å². The van der Waals surface area contributed by atoms with E-state index in [1.165, 1.54) is 5.56 Å². The number of amides is 2. The lowest BCUT2D eigenvalue weighted by Gasteiger charge is -2.46. The monoisotopic (exact) mass is 359 g/mol. The Hall–Kier alpha value is -2.14. The van der Waals surface area contributed by atoms with Crippen molar-refractivity contribution in [3.8, 4) is 0 Å². The normalized spacial score (nSPS) is 30.0. The molecule has 1 heterocycles. The molecule has 0 aromatic carbocycles. The number of isocyanates is 1. The van der Waals surface area contributed by atoms with Gasteiger partial charge in [0.25, 0.3) is 0 Å². The van der Waals surface area contributed by atoms with E-state index in [2.05, 4.69) is 46.6 Å².